The number of nitrogens with zero attached hydrogens (tertiary/aromatic N) is 1. The lowest BCUT2D eigenvalue weighted by molar-refractivity contribution is 0.568. The molecule has 3 aromatic carbocycles. The van der Waals surface area contributed by atoms with Gasteiger partial charge in [0.05, 0.1) is 21.1 Å². The van der Waals surface area contributed by atoms with E-state index in [2.05, 4.69) is 0 Å². The van der Waals surface area contributed by atoms with Crippen LogP contribution >= 0.6 is 35.4 Å². The predicted octanol–water partition coefficient (Wildman–Crippen LogP) is 6.45. The number of pyridine rings is 1. The van der Waals surface area contributed by atoms with Crippen LogP contribution in [0.1, 0.15) is 5.56 Å². The summed E-state index contributed by atoms with van der Waals surface area (Å²) in [5.41, 5.74) is 2.52. The second-order valence-electron chi connectivity index (χ2n) is 5.46. The number of hydrogen-bond donors (Lipinski definition) is 0. The fourth-order valence-electron chi connectivity index (χ4n) is 2.78. The van der Waals surface area contributed by atoms with Crippen LogP contribution in [-0.4, -0.2) is 10.0 Å². The van der Waals surface area contributed by atoms with E-state index in [-0.39, 0.29) is 0 Å². The Labute approximate surface area is 160 Å². The summed E-state index contributed by atoms with van der Waals surface area (Å²) in [6.45, 7) is 0. The van der Waals surface area contributed by atoms with Gasteiger partial charge in [-0.05, 0) is 36.5 Å². The van der Waals surface area contributed by atoms with Crippen molar-refractivity contribution in [3.8, 4) is 5.75 Å². The number of halogens is 2. The van der Waals surface area contributed by atoms with Crippen molar-refractivity contribution in [3.05, 3.63) is 82.3 Å². The Balaban J connectivity index is 1.93. The molecule has 25 heavy (non-hydrogen) atoms. The molecule has 0 amide bonds. The second-order valence-corrected chi connectivity index (χ2v) is 6.65. The predicted molar refractivity (Wildman–Crippen MR) is 108 cm³/mol. The molecule has 0 aliphatic heterocycles. The zero-order chi connectivity index (χ0) is 17.4. The van der Waals surface area contributed by atoms with Crippen LogP contribution in [0.2, 0.25) is 10.0 Å². The van der Waals surface area contributed by atoms with Crippen LogP contribution in [0, 0.1) is 0 Å². The zero-order valence-corrected chi connectivity index (χ0v) is 15.2. The Bertz CT molecular complexity index is 1050. The molecule has 0 aliphatic rings. The number of thiocarbonyl (C=S) groups is 1. The molecule has 1 heterocycles. The molecule has 0 radical (unpaired) electrons. The van der Waals surface area contributed by atoms with E-state index in [1.54, 1.807) is 18.2 Å². The Morgan fingerprint density at radius 3 is 1.84 bits per heavy atom. The SMILES string of the molecule is S=C(Oc1c(Cl)cccc1Cl)c1c2ccccc2nc2ccccc12. The largest absolute Gasteiger partial charge is 0.442 e. The van der Waals surface area contributed by atoms with Crippen molar-refractivity contribution in [1.82, 2.24) is 4.98 Å². The minimum Gasteiger partial charge on any atom is -0.442 e. The second kappa shape index (κ2) is 6.60. The fraction of sp³-hybridized carbons (Fsp3) is 0. The standard InChI is InChI=1S/C20H11Cl2NOS/c21-14-8-5-9-15(22)19(14)24-20(25)18-12-6-1-3-10-16(12)23-17-11-4-2-7-13(17)18/h1-11H. The highest BCUT2D eigenvalue weighted by Gasteiger charge is 2.17. The lowest BCUT2D eigenvalue weighted by Gasteiger charge is -2.14. The maximum Gasteiger partial charge on any atom is 0.199 e. The number of benzene rings is 3. The number of hydrogen-bond acceptors (Lipinski definition) is 3. The van der Waals surface area contributed by atoms with Gasteiger partial charge in [-0.25, -0.2) is 4.98 Å². The number of ether oxygens (including phenoxy) is 1. The molecule has 0 saturated heterocycles. The molecule has 0 aliphatic carbocycles. The lowest BCUT2D eigenvalue weighted by Crippen LogP contribution is -2.10. The number of fused-ring (bicyclic) bond motifs is 2. The van der Waals surface area contributed by atoms with E-state index in [9.17, 15) is 0 Å². The Morgan fingerprint density at radius 1 is 0.760 bits per heavy atom. The molecular formula is C20H11Cl2NOS. The highest BCUT2D eigenvalue weighted by atomic mass is 35.5. The molecular weight excluding hydrogens is 373 g/mol. The van der Waals surface area contributed by atoms with Gasteiger partial charge in [-0.3, -0.25) is 0 Å². The molecule has 2 nitrogen and oxygen atoms in total. The molecule has 0 atom stereocenters. The van der Waals surface area contributed by atoms with Crippen LogP contribution in [0.15, 0.2) is 66.7 Å². The van der Waals surface area contributed by atoms with Crippen LogP contribution in [0.4, 0.5) is 0 Å². The van der Waals surface area contributed by atoms with Gasteiger partial charge in [-0.2, -0.15) is 0 Å². The Morgan fingerprint density at radius 2 is 1.28 bits per heavy atom. The summed E-state index contributed by atoms with van der Waals surface area (Å²) in [4.78, 5) is 4.70. The normalized spacial score (nSPS) is 11.0. The maximum atomic E-state index is 6.22. The molecule has 4 rings (SSSR count). The first kappa shape index (κ1) is 16.3. The summed E-state index contributed by atoms with van der Waals surface area (Å²) in [5.74, 6) is 0.362. The fourth-order valence-corrected chi connectivity index (χ4v) is 3.56. The summed E-state index contributed by atoms with van der Waals surface area (Å²) >= 11 is 18.0. The summed E-state index contributed by atoms with van der Waals surface area (Å²) in [6, 6.07) is 20.9. The molecule has 4 aromatic rings. The molecule has 5 heteroatoms. The highest BCUT2D eigenvalue weighted by molar-refractivity contribution is 7.80. The highest BCUT2D eigenvalue weighted by Crippen LogP contribution is 2.34. The third kappa shape index (κ3) is 2.95. The average molecular weight is 384 g/mol. The van der Waals surface area contributed by atoms with E-state index in [0.717, 1.165) is 27.4 Å². The van der Waals surface area contributed by atoms with Crippen LogP contribution in [-0.2, 0) is 0 Å². The first-order valence-electron chi connectivity index (χ1n) is 7.59. The van der Waals surface area contributed by atoms with Gasteiger partial charge in [0.25, 0.3) is 0 Å². The summed E-state index contributed by atoms with van der Waals surface area (Å²) in [7, 11) is 0. The molecule has 0 N–H and O–H groups in total. The summed E-state index contributed by atoms with van der Waals surface area (Å²) in [6.07, 6.45) is 0. The van der Waals surface area contributed by atoms with Gasteiger partial charge in [0.2, 0.25) is 0 Å². The van der Waals surface area contributed by atoms with E-state index >= 15 is 0 Å². The van der Waals surface area contributed by atoms with E-state index in [1.165, 1.54) is 0 Å². The first-order chi connectivity index (χ1) is 12.1. The number of para-hydroxylation sites is 3. The van der Waals surface area contributed by atoms with Crippen molar-refractivity contribution < 1.29 is 4.74 Å². The van der Waals surface area contributed by atoms with Crippen molar-refractivity contribution in [2.24, 2.45) is 0 Å². The van der Waals surface area contributed by atoms with Crippen LogP contribution in [0.3, 0.4) is 0 Å². The average Bonchev–Trinajstić information content (AvgIpc) is 2.62. The number of aromatic nitrogens is 1. The van der Waals surface area contributed by atoms with Gasteiger partial charge in [-0.1, -0.05) is 65.7 Å². The van der Waals surface area contributed by atoms with Gasteiger partial charge < -0.3 is 4.74 Å². The topological polar surface area (TPSA) is 22.1 Å². The molecule has 0 saturated carbocycles. The molecule has 0 fully saturated rings. The molecule has 122 valence electrons. The third-order valence-electron chi connectivity index (χ3n) is 3.91. The maximum absolute atomic E-state index is 6.22. The van der Waals surface area contributed by atoms with Gasteiger partial charge >= 0.3 is 0 Å². The minimum absolute atomic E-state index is 0.310. The van der Waals surface area contributed by atoms with Crippen molar-refractivity contribution >= 4 is 62.3 Å². The van der Waals surface area contributed by atoms with Crippen molar-refractivity contribution in [1.29, 1.82) is 0 Å². The number of rotatable bonds is 2. The molecule has 0 bridgehead atoms. The van der Waals surface area contributed by atoms with Crippen molar-refractivity contribution in [2.75, 3.05) is 0 Å². The molecule has 0 spiro atoms. The minimum atomic E-state index is 0.310. The first-order valence-corrected chi connectivity index (χ1v) is 8.75. The summed E-state index contributed by atoms with van der Waals surface area (Å²) < 4.78 is 5.92. The lowest BCUT2D eigenvalue weighted by atomic mass is 10.0. The van der Waals surface area contributed by atoms with E-state index in [1.807, 2.05) is 48.5 Å². The molecule has 0 unspecified atom stereocenters. The van der Waals surface area contributed by atoms with Crippen LogP contribution < -0.4 is 4.74 Å². The van der Waals surface area contributed by atoms with E-state index < -0.39 is 0 Å². The summed E-state index contributed by atoms with van der Waals surface area (Å²) in [5, 5.41) is 2.99. The monoisotopic (exact) mass is 383 g/mol. The van der Waals surface area contributed by atoms with Crippen molar-refractivity contribution in [2.45, 2.75) is 0 Å². The van der Waals surface area contributed by atoms with Crippen molar-refractivity contribution in [3.63, 3.8) is 0 Å². The smallest absolute Gasteiger partial charge is 0.199 e. The Hall–Kier alpha value is -2.20. The van der Waals surface area contributed by atoms with Gasteiger partial charge in [-0.15, -0.1) is 0 Å². The quantitative estimate of drug-likeness (QED) is 0.293. The van der Waals surface area contributed by atoms with E-state index in [4.69, 9.17) is 45.1 Å². The molecule has 1 aromatic heterocycles. The van der Waals surface area contributed by atoms with Gasteiger partial charge in [0.15, 0.2) is 10.8 Å². The van der Waals surface area contributed by atoms with Crippen LogP contribution in [0.5, 0.6) is 5.75 Å². The van der Waals surface area contributed by atoms with Gasteiger partial charge in [0, 0.05) is 16.3 Å². The zero-order valence-electron chi connectivity index (χ0n) is 12.9. The third-order valence-corrected chi connectivity index (χ3v) is 4.79. The van der Waals surface area contributed by atoms with Gasteiger partial charge in [0.1, 0.15) is 0 Å². The van der Waals surface area contributed by atoms with E-state index in [0.29, 0.717) is 20.8 Å². The Kier molecular flexibility index (Phi) is 4.30. The van der Waals surface area contributed by atoms with Crippen LogP contribution in [0.25, 0.3) is 21.8 Å².